The molecule has 0 aromatic heterocycles. The van der Waals surface area contributed by atoms with E-state index in [2.05, 4.69) is 5.32 Å². The molecule has 1 aromatic carbocycles. The van der Waals surface area contributed by atoms with Crippen molar-refractivity contribution in [2.45, 2.75) is 6.61 Å². The molecule has 0 aliphatic rings. The van der Waals surface area contributed by atoms with Crippen LogP contribution < -0.4 is 5.32 Å². The standard InChI is InChI=1S/C8H11NO/c1-9-8-4-2-7(6-10)3-5-8/h2-5,9-10H,6H2,1H3/p+1. The molecule has 0 saturated carbocycles. The quantitative estimate of drug-likeness (QED) is 0.607. The minimum absolute atomic E-state index is 0.365. The van der Waals surface area contributed by atoms with E-state index in [-0.39, 0.29) is 0 Å². The third kappa shape index (κ3) is 1.48. The van der Waals surface area contributed by atoms with Crippen molar-refractivity contribution in [1.29, 1.82) is 0 Å². The summed E-state index contributed by atoms with van der Waals surface area (Å²) in [6, 6.07) is 7.87. The van der Waals surface area contributed by atoms with E-state index >= 15 is 0 Å². The van der Waals surface area contributed by atoms with Gasteiger partial charge in [-0.05, 0) is 24.3 Å². The van der Waals surface area contributed by atoms with Crippen molar-refractivity contribution in [3.05, 3.63) is 29.8 Å². The lowest BCUT2D eigenvalue weighted by molar-refractivity contribution is 0.282. The summed E-state index contributed by atoms with van der Waals surface area (Å²) in [6.45, 7) is 0.365. The van der Waals surface area contributed by atoms with Crippen molar-refractivity contribution in [3.8, 4) is 0 Å². The highest BCUT2D eigenvalue weighted by Gasteiger charge is 1.90. The van der Waals surface area contributed by atoms with Crippen molar-refractivity contribution in [3.63, 3.8) is 0 Å². The summed E-state index contributed by atoms with van der Waals surface area (Å²) in [5, 5.41) is 10.1. The van der Waals surface area contributed by atoms with Gasteiger partial charge in [0.25, 0.3) is 0 Å². The maximum absolute atomic E-state index is 7.05. The third-order valence-electron chi connectivity index (χ3n) is 1.45. The molecule has 2 heteroatoms. The van der Waals surface area contributed by atoms with Gasteiger partial charge in [0, 0.05) is 18.3 Å². The summed E-state index contributed by atoms with van der Waals surface area (Å²) < 4.78 is 0. The maximum Gasteiger partial charge on any atom is 0.169 e. The van der Waals surface area contributed by atoms with Crippen LogP contribution in [0.3, 0.4) is 0 Å². The Morgan fingerprint density at radius 2 is 1.90 bits per heavy atom. The topological polar surface area (TPSA) is 34.9 Å². The van der Waals surface area contributed by atoms with E-state index in [1.807, 2.05) is 31.3 Å². The van der Waals surface area contributed by atoms with E-state index in [0.29, 0.717) is 6.61 Å². The van der Waals surface area contributed by atoms with Crippen LogP contribution in [0.25, 0.3) is 0 Å². The van der Waals surface area contributed by atoms with Crippen LogP contribution in [0.2, 0.25) is 0 Å². The van der Waals surface area contributed by atoms with Crippen LogP contribution in [-0.2, 0) is 6.61 Å². The maximum atomic E-state index is 7.05. The Morgan fingerprint density at radius 1 is 1.30 bits per heavy atom. The predicted octanol–water partition coefficient (Wildman–Crippen LogP) is 0.953. The molecule has 0 aliphatic heterocycles. The average molecular weight is 138 g/mol. The molecule has 3 N–H and O–H groups in total. The lowest BCUT2D eigenvalue weighted by atomic mass is 10.2. The van der Waals surface area contributed by atoms with Gasteiger partial charge in [-0.2, -0.15) is 0 Å². The lowest BCUT2D eigenvalue weighted by Gasteiger charge is -1.98. The fourth-order valence-corrected chi connectivity index (χ4v) is 0.789. The predicted molar refractivity (Wildman–Crippen MR) is 43.3 cm³/mol. The van der Waals surface area contributed by atoms with Crippen molar-refractivity contribution < 1.29 is 5.11 Å². The number of hydrogen-bond donors (Lipinski definition) is 1. The molecule has 2 nitrogen and oxygen atoms in total. The highest BCUT2D eigenvalue weighted by Crippen LogP contribution is 2.07. The van der Waals surface area contributed by atoms with Gasteiger partial charge in [0.15, 0.2) is 6.61 Å². The van der Waals surface area contributed by atoms with E-state index in [9.17, 15) is 0 Å². The van der Waals surface area contributed by atoms with Gasteiger partial charge in [0.2, 0.25) is 0 Å². The number of rotatable bonds is 2. The van der Waals surface area contributed by atoms with Gasteiger partial charge < -0.3 is 10.4 Å². The van der Waals surface area contributed by atoms with Crippen LogP contribution in [0.5, 0.6) is 0 Å². The summed E-state index contributed by atoms with van der Waals surface area (Å²) in [6.07, 6.45) is 0. The summed E-state index contributed by atoms with van der Waals surface area (Å²) in [7, 11) is 1.88. The molecule has 1 rings (SSSR count). The van der Waals surface area contributed by atoms with Crippen LogP contribution in [0.15, 0.2) is 24.3 Å². The van der Waals surface area contributed by atoms with Gasteiger partial charge in [0.1, 0.15) is 0 Å². The summed E-state index contributed by atoms with van der Waals surface area (Å²) in [4.78, 5) is 0. The van der Waals surface area contributed by atoms with E-state index in [1.165, 1.54) is 0 Å². The zero-order valence-electron chi connectivity index (χ0n) is 6.02. The smallest absolute Gasteiger partial charge is 0.169 e. The Morgan fingerprint density at radius 3 is 2.30 bits per heavy atom. The molecule has 0 fully saturated rings. The van der Waals surface area contributed by atoms with Gasteiger partial charge >= 0.3 is 0 Å². The van der Waals surface area contributed by atoms with E-state index < -0.39 is 0 Å². The summed E-state index contributed by atoms with van der Waals surface area (Å²) >= 11 is 0. The first kappa shape index (κ1) is 7.09. The minimum Gasteiger partial charge on any atom is -0.442 e. The van der Waals surface area contributed by atoms with Crippen molar-refractivity contribution in [2.75, 3.05) is 12.4 Å². The highest BCUT2D eigenvalue weighted by atomic mass is 16.3. The summed E-state index contributed by atoms with van der Waals surface area (Å²) in [5.41, 5.74) is 2.15. The summed E-state index contributed by atoms with van der Waals surface area (Å²) in [5.74, 6) is 0. The second kappa shape index (κ2) is 3.22. The number of benzene rings is 1. The molecule has 0 heterocycles. The number of nitrogens with one attached hydrogen (secondary N) is 1. The van der Waals surface area contributed by atoms with Crippen LogP contribution >= 0.6 is 0 Å². The third-order valence-corrected chi connectivity index (χ3v) is 1.45. The van der Waals surface area contributed by atoms with Gasteiger partial charge in [0.05, 0.1) is 0 Å². The molecule has 54 valence electrons. The normalized spacial score (nSPS) is 9.40. The SMILES string of the molecule is CNc1ccc(C[OH2+])cc1. The monoisotopic (exact) mass is 138 g/mol. The molecule has 0 radical (unpaired) electrons. The second-order valence-electron chi connectivity index (χ2n) is 2.12. The lowest BCUT2D eigenvalue weighted by Crippen LogP contribution is -1.88. The van der Waals surface area contributed by atoms with E-state index in [4.69, 9.17) is 5.11 Å². The largest absolute Gasteiger partial charge is 0.442 e. The van der Waals surface area contributed by atoms with Crippen LogP contribution in [0.4, 0.5) is 5.69 Å². The van der Waals surface area contributed by atoms with Crippen LogP contribution in [-0.4, -0.2) is 12.2 Å². The van der Waals surface area contributed by atoms with Gasteiger partial charge in [-0.15, -0.1) is 0 Å². The first-order valence-electron chi connectivity index (χ1n) is 3.28. The van der Waals surface area contributed by atoms with E-state index in [1.54, 1.807) is 0 Å². The highest BCUT2D eigenvalue weighted by molar-refractivity contribution is 5.43. The molecule has 0 saturated heterocycles. The van der Waals surface area contributed by atoms with Gasteiger partial charge in [-0.25, -0.2) is 0 Å². The molecule has 0 unspecified atom stereocenters. The van der Waals surface area contributed by atoms with Crippen LogP contribution in [0, 0.1) is 0 Å². The Balaban J connectivity index is 2.80. The Labute approximate surface area is 60.5 Å². The molecule has 0 aliphatic carbocycles. The number of hydrogen-bond acceptors (Lipinski definition) is 1. The molecule has 0 spiro atoms. The molecule has 0 amide bonds. The molecular weight excluding hydrogens is 126 g/mol. The fraction of sp³-hybridized carbons (Fsp3) is 0.250. The fourth-order valence-electron chi connectivity index (χ4n) is 0.789. The van der Waals surface area contributed by atoms with Crippen molar-refractivity contribution in [2.24, 2.45) is 0 Å². The Kier molecular flexibility index (Phi) is 2.29. The minimum atomic E-state index is 0.365. The van der Waals surface area contributed by atoms with Gasteiger partial charge in [-0.3, -0.25) is 0 Å². The molecule has 0 bridgehead atoms. The zero-order valence-corrected chi connectivity index (χ0v) is 6.02. The Bertz CT molecular complexity index is 170. The average Bonchev–Trinajstić information content (AvgIpc) is 2.05. The van der Waals surface area contributed by atoms with Crippen LogP contribution in [0.1, 0.15) is 5.56 Å². The molecular formula is C8H12NO+. The molecule has 0 atom stereocenters. The van der Waals surface area contributed by atoms with Crippen molar-refractivity contribution in [1.82, 2.24) is 0 Å². The zero-order chi connectivity index (χ0) is 7.40. The van der Waals surface area contributed by atoms with Gasteiger partial charge in [-0.1, -0.05) is 0 Å². The first-order chi connectivity index (χ1) is 4.86. The van der Waals surface area contributed by atoms with E-state index in [0.717, 1.165) is 11.3 Å². The molecule has 10 heavy (non-hydrogen) atoms. The Hall–Kier alpha value is -1.02. The van der Waals surface area contributed by atoms with Crippen molar-refractivity contribution >= 4 is 5.69 Å². The number of anilines is 1. The second-order valence-corrected chi connectivity index (χ2v) is 2.12. The first-order valence-corrected chi connectivity index (χ1v) is 3.28. The molecule has 1 aromatic rings.